The first-order valence-corrected chi connectivity index (χ1v) is 7.38. The zero-order valence-electron chi connectivity index (χ0n) is 11.7. The Kier molecular flexibility index (Phi) is 4.97. The standard InChI is InChI=1S/C13H19NO6S/c1-3-6-8(4-2)21-14(12(6)19)13-11(18)10(17)9(16)7(5-15)20-13/h3-4,7,9-11,13,15-18H,5H2,1-2H3. The van der Waals surface area contributed by atoms with E-state index >= 15 is 0 Å². The van der Waals surface area contributed by atoms with E-state index in [2.05, 4.69) is 0 Å². The van der Waals surface area contributed by atoms with Crippen molar-refractivity contribution in [3.05, 3.63) is 20.1 Å². The van der Waals surface area contributed by atoms with Gasteiger partial charge in [0, 0.05) is 0 Å². The summed E-state index contributed by atoms with van der Waals surface area (Å²) in [6.45, 7) is 2.99. The van der Waals surface area contributed by atoms with Gasteiger partial charge >= 0.3 is 0 Å². The van der Waals surface area contributed by atoms with E-state index in [-0.39, 0.29) is 5.56 Å². The first kappa shape index (κ1) is 16.3. The van der Waals surface area contributed by atoms with Crippen LogP contribution in [0.5, 0.6) is 0 Å². The molecule has 1 aliphatic heterocycles. The van der Waals surface area contributed by atoms with Crippen LogP contribution in [0.2, 0.25) is 0 Å². The summed E-state index contributed by atoms with van der Waals surface area (Å²) >= 11 is 1.09. The number of ether oxygens (including phenoxy) is 1. The molecule has 0 amide bonds. The Morgan fingerprint density at radius 2 is 1.86 bits per heavy atom. The fourth-order valence-corrected chi connectivity index (χ4v) is 3.42. The Morgan fingerprint density at radius 1 is 1.19 bits per heavy atom. The third-order valence-electron chi connectivity index (χ3n) is 3.54. The Bertz CT molecular complexity index is 663. The number of aliphatic hydroxyl groups is 4. The van der Waals surface area contributed by atoms with Crippen molar-refractivity contribution in [2.75, 3.05) is 6.61 Å². The number of aliphatic hydroxyl groups excluding tert-OH is 4. The monoisotopic (exact) mass is 317 g/mol. The summed E-state index contributed by atoms with van der Waals surface area (Å²) in [5.41, 5.74) is -0.347. The lowest BCUT2D eigenvalue weighted by Crippen LogP contribution is -2.57. The molecule has 1 aromatic rings. The van der Waals surface area contributed by atoms with Gasteiger partial charge in [-0.2, -0.15) is 0 Å². The van der Waals surface area contributed by atoms with Gasteiger partial charge in [0.2, 0.25) is 0 Å². The Hall–Kier alpha value is -1.03. The Balaban J connectivity index is 2.51. The number of hydrogen-bond donors (Lipinski definition) is 4. The van der Waals surface area contributed by atoms with Crippen molar-refractivity contribution in [3.63, 3.8) is 0 Å². The zero-order valence-corrected chi connectivity index (χ0v) is 12.5. The molecule has 0 aromatic carbocycles. The number of rotatable bonds is 2. The van der Waals surface area contributed by atoms with Crippen LogP contribution in [0, 0.1) is 0 Å². The van der Waals surface area contributed by atoms with Crippen LogP contribution in [0.3, 0.4) is 0 Å². The fraction of sp³-hybridized carbons (Fsp3) is 0.615. The molecule has 2 heterocycles. The molecular formula is C13H19NO6S. The van der Waals surface area contributed by atoms with Gasteiger partial charge in [0.05, 0.1) is 16.4 Å². The van der Waals surface area contributed by atoms with Gasteiger partial charge in [-0.05, 0) is 13.8 Å². The second-order valence-electron chi connectivity index (χ2n) is 4.80. The van der Waals surface area contributed by atoms with Crippen LogP contribution < -0.4 is 15.3 Å². The second kappa shape index (κ2) is 6.39. The van der Waals surface area contributed by atoms with Crippen molar-refractivity contribution in [2.45, 2.75) is 44.5 Å². The zero-order chi connectivity index (χ0) is 15.7. The highest BCUT2D eigenvalue weighted by molar-refractivity contribution is 7.04. The molecule has 0 aliphatic carbocycles. The van der Waals surface area contributed by atoms with Gasteiger partial charge in [0.1, 0.15) is 24.4 Å². The van der Waals surface area contributed by atoms with Crippen LogP contribution in [0.4, 0.5) is 0 Å². The lowest BCUT2D eigenvalue weighted by Gasteiger charge is -2.39. The van der Waals surface area contributed by atoms with E-state index in [0.29, 0.717) is 5.22 Å². The van der Waals surface area contributed by atoms with Gasteiger partial charge in [-0.1, -0.05) is 23.7 Å². The largest absolute Gasteiger partial charge is 0.394 e. The van der Waals surface area contributed by atoms with E-state index in [1.54, 1.807) is 26.0 Å². The lowest BCUT2D eigenvalue weighted by molar-refractivity contribution is -0.249. The van der Waals surface area contributed by atoms with Crippen molar-refractivity contribution in [3.8, 4) is 0 Å². The first-order valence-electron chi connectivity index (χ1n) is 6.61. The summed E-state index contributed by atoms with van der Waals surface area (Å²) in [5.74, 6) is 0. The smallest absolute Gasteiger partial charge is 0.270 e. The molecule has 21 heavy (non-hydrogen) atoms. The van der Waals surface area contributed by atoms with Crippen molar-refractivity contribution < 1.29 is 25.2 Å². The normalized spacial score (nSPS) is 35.4. The molecule has 1 aliphatic rings. The van der Waals surface area contributed by atoms with Gasteiger partial charge in [0.25, 0.3) is 5.56 Å². The van der Waals surface area contributed by atoms with Gasteiger partial charge in [0.15, 0.2) is 6.23 Å². The molecule has 8 heteroatoms. The quantitative estimate of drug-likeness (QED) is 0.479. The summed E-state index contributed by atoms with van der Waals surface area (Å²) in [4.78, 5) is 12.3. The van der Waals surface area contributed by atoms with Crippen molar-refractivity contribution in [1.29, 1.82) is 0 Å². The van der Waals surface area contributed by atoms with E-state index in [0.717, 1.165) is 16.1 Å². The Labute approximate surface area is 124 Å². The van der Waals surface area contributed by atoms with Crippen LogP contribution in [-0.2, 0) is 4.74 Å². The van der Waals surface area contributed by atoms with Gasteiger partial charge in [-0.15, -0.1) is 0 Å². The molecule has 118 valence electrons. The predicted octanol–water partition coefficient (Wildman–Crippen LogP) is -2.52. The number of nitrogens with zero attached hydrogens (tertiary/aromatic N) is 1. The van der Waals surface area contributed by atoms with Crippen LogP contribution in [-0.4, -0.2) is 55.4 Å². The van der Waals surface area contributed by atoms with E-state index in [9.17, 15) is 25.2 Å². The van der Waals surface area contributed by atoms with Crippen LogP contribution in [0.25, 0.3) is 12.2 Å². The maximum atomic E-state index is 12.3. The maximum absolute atomic E-state index is 12.3. The highest BCUT2D eigenvalue weighted by Crippen LogP contribution is 2.27. The van der Waals surface area contributed by atoms with Crippen molar-refractivity contribution >= 4 is 23.7 Å². The molecule has 1 fully saturated rings. The molecule has 7 nitrogen and oxygen atoms in total. The molecule has 4 N–H and O–H groups in total. The predicted molar refractivity (Wildman–Crippen MR) is 77.1 cm³/mol. The van der Waals surface area contributed by atoms with E-state index in [1.165, 1.54) is 3.96 Å². The minimum absolute atomic E-state index is 0.347. The molecule has 0 spiro atoms. The molecule has 1 aromatic heterocycles. The minimum atomic E-state index is -1.50. The summed E-state index contributed by atoms with van der Waals surface area (Å²) in [6, 6.07) is 0. The second-order valence-corrected chi connectivity index (χ2v) is 5.81. The topological polar surface area (TPSA) is 112 Å². The van der Waals surface area contributed by atoms with Crippen molar-refractivity contribution in [1.82, 2.24) is 3.96 Å². The van der Waals surface area contributed by atoms with Gasteiger partial charge in [-0.3, -0.25) is 4.79 Å². The molecule has 5 atom stereocenters. The van der Waals surface area contributed by atoms with E-state index < -0.39 is 37.3 Å². The molecule has 0 saturated carbocycles. The summed E-state index contributed by atoms with van der Waals surface area (Å²) in [6.07, 6.45) is -3.16. The molecule has 0 bridgehead atoms. The lowest BCUT2D eigenvalue weighted by atomic mass is 9.98. The molecule has 2 rings (SSSR count). The average molecular weight is 317 g/mol. The molecule has 0 radical (unpaired) electrons. The molecule has 1 saturated heterocycles. The van der Waals surface area contributed by atoms with Crippen LogP contribution >= 0.6 is 11.5 Å². The fourth-order valence-electron chi connectivity index (χ4n) is 2.34. The van der Waals surface area contributed by atoms with Crippen LogP contribution in [0.1, 0.15) is 20.1 Å². The average Bonchev–Trinajstić information content (AvgIpc) is 2.81. The molecular weight excluding hydrogens is 298 g/mol. The summed E-state index contributed by atoms with van der Waals surface area (Å²) in [5, 5.41) is 39.3. The highest BCUT2D eigenvalue weighted by atomic mass is 32.1. The highest BCUT2D eigenvalue weighted by Gasteiger charge is 2.44. The maximum Gasteiger partial charge on any atom is 0.270 e. The van der Waals surface area contributed by atoms with Crippen molar-refractivity contribution in [2.24, 2.45) is 0 Å². The Morgan fingerprint density at radius 3 is 2.33 bits per heavy atom. The van der Waals surface area contributed by atoms with Gasteiger partial charge in [-0.25, -0.2) is 3.96 Å². The number of aromatic nitrogens is 1. The summed E-state index contributed by atoms with van der Waals surface area (Å²) < 4.78 is 7.33. The van der Waals surface area contributed by atoms with E-state index in [1.807, 2.05) is 0 Å². The third-order valence-corrected chi connectivity index (χ3v) is 4.76. The third kappa shape index (κ3) is 2.70. The molecule has 5 unspecified atom stereocenters. The SMILES string of the molecule is CC=c1sn(C2OC(CO)C(O)C(O)C2O)c(=O)c1=CC. The van der Waals surface area contributed by atoms with Crippen LogP contribution in [0.15, 0.2) is 4.79 Å². The minimum Gasteiger partial charge on any atom is -0.394 e. The van der Waals surface area contributed by atoms with Gasteiger partial charge < -0.3 is 25.2 Å². The van der Waals surface area contributed by atoms with E-state index in [4.69, 9.17) is 4.74 Å². The first-order chi connectivity index (χ1) is 9.96. The number of hydrogen-bond acceptors (Lipinski definition) is 7. The summed E-state index contributed by atoms with van der Waals surface area (Å²) in [7, 11) is 0.